The van der Waals surface area contributed by atoms with Crippen molar-refractivity contribution in [1.29, 1.82) is 0 Å². The molecule has 1 fully saturated rings. The quantitative estimate of drug-likeness (QED) is 0.517. The molecule has 0 radical (unpaired) electrons. The zero-order valence-electron chi connectivity index (χ0n) is 19.6. The van der Waals surface area contributed by atoms with Crippen LogP contribution >= 0.6 is 23.2 Å². The summed E-state index contributed by atoms with van der Waals surface area (Å²) in [6, 6.07) is 6.50. The van der Waals surface area contributed by atoms with Crippen LogP contribution in [0.25, 0.3) is 0 Å². The van der Waals surface area contributed by atoms with Gasteiger partial charge in [0.05, 0.1) is 17.9 Å². The summed E-state index contributed by atoms with van der Waals surface area (Å²) < 4.78 is 5.22. The van der Waals surface area contributed by atoms with Crippen LogP contribution in [0.5, 0.6) is 0 Å². The summed E-state index contributed by atoms with van der Waals surface area (Å²) in [4.78, 5) is 43.5. The number of amides is 3. The van der Waals surface area contributed by atoms with Gasteiger partial charge in [0.2, 0.25) is 0 Å². The molecule has 1 aromatic heterocycles. The van der Waals surface area contributed by atoms with Crippen molar-refractivity contribution < 1.29 is 19.1 Å². The highest BCUT2D eigenvalue weighted by molar-refractivity contribution is 6.39. The van der Waals surface area contributed by atoms with Crippen molar-refractivity contribution in [3.8, 4) is 0 Å². The molecule has 0 saturated carbocycles. The maximum Gasteiger partial charge on any atom is 0.413 e. The maximum atomic E-state index is 13.0. The van der Waals surface area contributed by atoms with Crippen molar-refractivity contribution >= 4 is 52.6 Å². The highest BCUT2D eigenvalue weighted by Crippen LogP contribution is 2.34. The predicted molar refractivity (Wildman–Crippen MR) is 132 cm³/mol. The minimum absolute atomic E-state index is 0.288. The second-order valence-corrected chi connectivity index (χ2v) is 10.1. The Balaban J connectivity index is 1.70. The third-order valence-electron chi connectivity index (χ3n) is 5.18. The molecular weight excluding hydrogens is 479 g/mol. The first-order chi connectivity index (χ1) is 15.9. The Morgan fingerprint density at radius 2 is 1.74 bits per heavy atom. The number of piperidine rings is 1. The highest BCUT2D eigenvalue weighted by atomic mass is 35.5. The van der Waals surface area contributed by atoms with Gasteiger partial charge in [0.25, 0.3) is 0 Å². The van der Waals surface area contributed by atoms with Gasteiger partial charge in [-0.25, -0.2) is 9.78 Å². The van der Waals surface area contributed by atoms with Crippen molar-refractivity contribution in [3.05, 3.63) is 51.6 Å². The zero-order chi connectivity index (χ0) is 25.0. The molecule has 0 bridgehead atoms. The van der Waals surface area contributed by atoms with Crippen molar-refractivity contribution in [2.24, 2.45) is 0 Å². The Kier molecular flexibility index (Phi) is 8.05. The first-order valence-electron chi connectivity index (χ1n) is 11.0. The van der Waals surface area contributed by atoms with Gasteiger partial charge in [-0.05, 0) is 82.3 Å². The minimum atomic E-state index is -0.769. The van der Waals surface area contributed by atoms with E-state index in [0.29, 0.717) is 40.1 Å². The molecule has 0 unspecified atom stereocenters. The van der Waals surface area contributed by atoms with Crippen molar-refractivity contribution in [2.75, 3.05) is 17.2 Å². The summed E-state index contributed by atoms with van der Waals surface area (Å²) in [5.41, 5.74) is 1.09. The van der Waals surface area contributed by atoms with Gasteiger partial charge < -0.3 is 15.0 Å². The summed E-state index contributed by atoms with van der Waals surface area (Å²) in [5.74, 6) is -1.11. The van der Waals surface area contributed by atoms with E-state index in [0.717, 1.165) is 18.4 Å². The van der Waals surface area contributed by atoms with Crippen LogP contribution in [0, 0.1) is 6.92 Å². The summed E-state index contributed by atoms with van der Waals surface area (Å²) in [5, 5.41) is 6.13. The van der Waals surface area contributed by atoms with Crippen LogP contribution < -0.4 is 10.6 Å². The van der Waals surface area contributed by atoms with Crippen molar-refractivity contribution in [2.45, 2.75) is 58.6 Å². The number of hydrogen-bond acceptors (Lipinski definition) is 5. The molecule has 1 aliphatic heterocycles. The molecule has 182 valence electrons. The molecule has 10 heteroatoms. The van der Waals surface area contributed by atoms with Crippen molar-refractivity contribution in [1.82, 2.24) is 9.88 Å². The largest absolute Gasteiger partial charge is 0.444 e. The lowest BCUT2D eigenvalue weighted by Gasteiger charge is -2.35. The zero-order valence-corrected chi connectivity index (χ0v) is 21.1. The molecule has 0 spiro atoms. The number of aryl methyl sites for hydroxylation is 1. The van der Waals surface area contributed by atoms with E-state index in [-0.39, 0.29) is 6.04 Å². The molecular formula is C24H28Cl2N4O4. The molecule has 2 N–H and O–H groups in total. The molecule has 3 rings (SSSR count). The van der Waals surface area contributed by atoms with E-state index in [1.165, 1.54) is 6.20 Å². The number of halogens is 2. The monoisotopic (exact) mass is 506 g/mol. The van der Waals surface area contributed by atoms with Crippen LogP contribution in [-0.2, 0) is 14.3 Å². The Labute approximate surface area is 209 Å². The number of nitrogens with one attached hydrogen (secondary N) is 2. The fourth-order valence-corrected chi connectivity index (χ4v) is 4.32. The van der Waals surface area contributed by atoms with E-state index >= 15 is 0 Å². The van der Waals surface area contributed by atoms with Gasteiger partial charge in [-0.15, -0.1) is 0 Å². The molecule has 0 aliphatic carbocycles. The fraction of sp³-hybridized carbons (Fsp3) is 0.417. The summed E-state index contributed by atoms with van der Waals surface area (Å²) in [6.07, 6.45) is 3.18. The molecule has 1 saturated heterocycles. The Morgan fingerprint density at radius 3 is 2.35 bits per heavy atom. The molecule has 1 aliphatic rings. The fourth-order valence-electron chi connectivity index (χ4n) is 3.78. The van der Waals surface area contributed by atoms with Crippen LogP contribution in [0.15, 0.2) is 30.5 Å². The lowest BCUT2D eigenvalue weighted by atomic mass is 9.95. The van der Waals surface area contributed by atoms with E-state index in [2.05, 4.69) is 15.6 Å². The van der Waals surface area contributed by atoms with E-state index in [1.807, 2.05) is 0 Å². The van der Waals surface area contributed by atoms with Gasteiger partial charge in [-0.1, -0.05) is 23.2 Å². The van der Waals surface area contributed by atoms with Crippen LogP contribution in [0.3, 0.4) is 0 Å². The van der Waals surface area contributed by atoms with Crippen LogP contribution in [0.1, 0.15) is 57.2 Å². The van der Waals surface area contributed by atoms with E-state index in [9.17, 15) is 14.4 Å². The number of carbonyl (C=O) groups is 3. The Hall–Kier alpha value is -2.84. The summed E-state index contributed by atoms with van der Waals surface area (Å²) >= 11 is 12.3. The summed E-state index contributed by atoms with van der Waals surface area (Å²) in [6.45, 7) is 7.46. The number of anilines is 2. The van der Waals surface area contributed by atoms with Gasteiger partial charge >= 0.3 is 17.9 Å². The molecule has 3 amide bonds. The lowest BCUT2D eigenvalue weighted by molar-refractivity contribution is -0.145. The molecule has 1 atom stereocenters. The number of hydrogen-bond donors (Lipinski definition) is 2. The first-order valence-corrected chi connectivity index (χ1v) is 11.7. The molecule has 8 nitrogen and oxygen atoms in total. The van der Waals surface area contributed by atoms with Crippen LogP contribution in [-0.4, -0.2) is 39.9 Å². The van der Waals surface area contributed by atoms with Crippen LogP contribution in [0.4, 0.5) is 16.3 Å². The number of likely N-dealkylation sites (tertiary alicyclic amines) is 1. The van der Waals surface area contributed by atoms with Gasteiger partial charge in [-0.3, -0.25) is 14.9 Å². The third kappa shape index (κ3) is 6.84. The van der Waals surface area contributed by atoms with E-state index in [4.69, 9.17) is 27.9 Å². The number of pyridine rings is 1. The standard InChI is InChI=1S/C24H28Cl2N4O4/c1-14-9-18(13-27-20(14)29-23(33)34-24(2,3)4)28-21(31)22(32)30-8-6-5-7-19(30)15-10-16(25)12-17(26)11-15/h9-13,19H,5-8H2,1-4H3,(H,28,31)(H,27,29,33)/t19-/m0/s1. The van der Waals surface area contributed by atoms with E-state index in [1.54, 1.807) is 56.9 Å². The molecule has 2 aromatic rings. The SMILES string of the molecule is Cc1cc(NC(=O)C(=O)N2CCCC[C@H]2c2cc(Cl)cc(Cl)c2)cnc1NC(=O)OC(C)(C)C. The number of carbonyl (C=O) groups excluding carboxylic acids is 3. The number of rotatable bonds is 3. The van der Waals surface area contributed by atoms with Gasteiger partial charge in [0.15, 0.2) is 0 Å². The minimum Gasteiger partial charge on any atom is -0.444 e. The predicted octanol–water partition coefficient (Wildman–Crippen LogP) is 5.74. The first kappa shape index (κ1) is 25.8. The number of aromatic nitrogens is 1. The summed E-state index contributed by atoms with van der Waals surface area (Å²) in [7, 11) is 0. The second-order valence-electron chi connectivity index (χ2n) is 9.18. The normalized spacial score (nSPS) is 16.1. The smallest absolute Gasteiger partial charge is 0.413 e. The highest BCUT2D eigenvalue weighted by Gasteiger charge is 2.32. The van der Waals surface area contributed by atoms with E-state index < -0.39 is 23.5 Å². The molecule has 1 aromatic carbocycles. The Bertz CT molecular complexity index is 1080. The topological polar surface area (TPSA) is 101 Å². The second kappa shape index (κ2) is 10.6. The lowest BCUT2D eigenvalue weighted by Crippen LogP contribution is -2.44. The third-order valence-corrected chi connectivity index (χ3v) is 5.62. The molecule has 34 heavy (non-hydrogen) atoms. The number of ether oxygens (including phenoxy) is 1. The molecule has 2 heterocycles. The van der Waals surface area contributed by atoms with Gasteiger partial charge in [0.1, 0.15) is 11.4 Å². The number of benzene rings is 1. The van der Waals surface area contributed by atoms with Crippen LogP contribution in [0.2, 0.25) is 10.0 Å². The maximum absolute atomic E-state index is 13.0. The van der Waals surface area contributed by atoms with Crippen molar-refractivity contribution in [3.63, 3.8) is 0 Å². The van der Waals surface area contributed by atoms with Gasteiger partial charge in [0, 0.05) is 16.6 Å². The van der Waals surface area contributed by atoms with Gasteiger partial charge in [-0.2, -0.15) is 0 Å². The number of nitrogens with zero attached hydrogens (tertiary/aromatic N) is 2. The average molecular weight is 507 g/mol. The average Bonchev–Trinajstić information content (AvgIpc) is 2.73. The Morgan fingerprint density at radius 1 is 1.06 bits per heavy atom.